The third-order valence-electron chi connectivity index (χ3n) is 4.04. The number of rotatable bonds is 4. The van der Waals surface area contributed by atoms with E-state index in [1.165, 1.54) is 11.8 Å². The summed E-state index contributed by atoms with van der Waals surface area (Å²) >= 11 is 0. The van der Waals surface area contributed by atoms with Crippen LogP contribution in [0.25, 0.3) is 0 Å². The predicted octanol–water partition coefficient (Wildman–Crippen LogP) is 2.86. The second kappa shape index (κ2) is 7.47. The Hall–Kier alpha value is -1.78. The number of benzene rings is 1. The fourth-order valence-corrected chi connectivity index (χ4v) is 2.91. The lowest BCUT2D eigenvalue weighted by atomic mass is 9.99. The highest BCUT2D eigenvalue weighted by atomic mass is 35.5. The number of nitrogens with two attached hydrogens (primary N) is 1. The van der Waals surface area contributed by atoms with Crippen LogP contribution in [0.15, 0.2) is 47.1 Å². The minimum absolute atomic E-state index is 0. The van der Waals surface area contributed by atoms with E-state index in [1.54, 1.807) is 6.07 Å². The van der Waals surface area contributed by atoms with Crippen LogP contribution in [0.3, 0.4) is 0 Å². The van der Waals surface area contributed by atoms with Gasteiger partial charge in [0, 0.05) is 13.1 Å². The van der Waals surface area contributed by atoms with Crippen molar-refractivity contribution in [1.29, 1.82) is 0 Å². The molecule has 3 rings (SSSR count). The second-order valence-electron chi connectivity index (χ2n) is 5.60. The molecule has 2 aromatic rings. The Morgan fingerprint density at radius 3 is 2.77 bits per heavy atom. The number of carbonyl (C=O) groups excluding carboxylic acids is 1. The maximum atomic E-state index is 12.4. The van der Waals surface area contributed by atoms with Gasteiger partial charge in [-0.1, -0.05) is 30.3 Å². The van der Waals surface area contributed by atoms with Gasteiger partial charge in [-0.15, -0.1) is 12.4 Å². The van der Waals surface area contributed by atoms with Gasteiger partial charge in [-0.2, -0.15) is 0 Å². The van der Waals surface area contributed by atoms with Crippen molar-refractivity contribution in [3.63, 3.8) is 0 Å². The Bertz CT molecular complexity index is 612. The van der Waals surface area contributed by atoms with Gasteiger partial charge in [-0.05, 0) is 30.4 Å². The molecule has 5 heteroatoms. The molecule has 2 heterocycles. The number of hydrogen-bond acceptors (Lipinski definition) is 3. The second-order valence-corrected chi connectivity index (χ2v) is 5.60. The highest BCUT2D eigenvalue weighted by Gasteiger charge is 2.27. The zero-order chi connectivity index (χ0) is 14.7. The molecule has 1 aromatic carbocycles. The smallest absolute Gasteiger partial charge is 0.257 e. The topological polar surface area (TPSA) is 59.5 Å². The number of likely N-dealkylation sites (tertiary alicyclic amines) is 1. The van der Waals surface area contributed by atoms with E-state index in [0.717, 1.165) is 25.9 Å². The molecule has 118 valence electrons. The summed E-state index contributed by atoms with van der Waals surface area (Å²) < 4.78 is 5.24. The molecule has 2 N–H and O–H groups in total. The number of amides is 1. The van der Waals surface area contributed by atoms with Crippen molar-refractivity contribution in [3.05, 3.63) is 59.5 Å². The lowest BCUT2D eigenvalue weighted by Crippen LogP contribution is -2.28. The molecule has 1 aliphatic heterocycles. The summed E-state index contributed by atoms with van der Waals surface area (Å²) in [7, 11) is 0. The van der Waals surface area contributed by atoms with Gasteiger partial charge in [0.1, 0.15) is 12.0 Å². The van der Waals surface area contributed by atoms with E-state index < -0.39 is 0 Å². The lowest BCUT2D eigenvalue weighted by molar-refractivity contribution is 0.0786. The van der Waals surface area contributed by atoms with Crippen LogP contribution in [0.2, 0.25) is 0 Å². The zero-order valence-electron chi connectivity index (χ0n) is 12.4. The Balaban J connectivity index is 0.00000176. The first-order valence-electron chi connectivity index (χ1n) is 7.37. The standard InChI is InChI=1S/C17H20N2O2.ClH/c18-10-16-9-15(12-21-16)17(20)19-7-6-14(11-19)8-13-4-2-1-3-5-13;/h1-5,9,12,14H,6-8,10-11,18H2;1H. The SMILES string of the molecule is Cl.NCc1cc(C(=O)N2CCC(Cc3ccccc3)C2)co1. The third kappa shape index (κ3) is 3.70. The minimum Gasteiger partial charge on any atom is -0.467 e. The molecule has 1 aromatic heterocycles. The number of nitrogens with zero attached hydrogens (tertiary/aromatic N) is 1. The molecule has 22 heavy (non-hydrogen) atoms. The van der Waals surface area contributed by atoms with Gasteiger partial charge in [0.25, 0.3) is 5.91 Å². The Morgan fingerprint density at radius 2 is 2.09 bits per heavy atom. The molecule has 0 spiro atoms. The molecule has 0 aliphatic carbocycles. The van der Waals surface area contributed by atoms with E-state index in [0.29, 0.717) is 23.8 Å². The van der Waals surface area contributed by atoms with Crippen molar-refractivity contribution in [2.75, 3.05) is 13.1 Å². The van der Waals surface area contributed by atoms with E-state index in [2.05, 4.69) is 24.3 Å². The van der Waals surface area contributed by atoms with Crippen molar-refractivity contribution in [2.24, 2.45) is 11.7 Å². The van der Waals surface area contributed by atoms with Crippen LogP contribution in [-0.4, -0.2) is 23.9 Å². The lowest BCUT2D eigenvalue weighted by Gasteiger charge is -2.15. The maximum Gasteiger partial charge on any atom is 0.257 e. The normalized spacial score (nSPS) is 17.3. The summed E-state index contributed by atoms with van der Waals surface area (Å²) in [4.78, 5) is 14.3. The van der Waals surface area contributed by atoms with Crippen LogP contribution in [-0.2, 0) is 13.0 Å². The zero-order valence-corrected chi connectivity index (χ0v) is 13.2. The van der Waals surface area contributed by atoms with Crippen LogP contribution in [0.1, 0.15) is 28.1 Å². The molecule has 0 saturated carbocycles. The molecular weight excluding hydrogens is 300 g/mol. The summed E-state index contributed by atoms with van der Waals surface area (Å²) in [6.07, 6.45) is 3.60. The van der Waals surface area contributed by atoms with Gasteiger partial charge in [-0.25, -0.2) is 0 Å². The van der Waals surface area contributed by atoms with Gasteiger partial charge in [0.2, 0.25) is 0 Å². The van der Waals surface area contributed by atoms with Crippen molar-refractivity contribution in [3.8, 4) is 0 Å². The monoisotopic (exact) mass is 320 g/mol. The number of furan rings is 1. The summed E-state index contributed by atoms with van der Waals surface area (Å²) in [5.74, 6) is 1.24. The Labute approximate surface area is 136 Å². The van der Waals surface area contributed by atoms with Crippen LogP contribution < -0.4 is 5.73 Å². The Kier molecular flexibility index (Phi) is 5.63. The average Bonchev–Trinajstić information content (AvgIpc) is 3.16. The van der Waals surface area contributed by atoms with Crippen LogP contribution in [0, 0.1) is 5.92 Å². The summed E-state index contributed by atoms with van der Waals surface area (Å²) in [5, 5.41) is 0. The molecular formula is C17H21ClN2O2. The predicted molar refractivity (Wildman–Crippen MR) is 88.0 cm³/mol. The highest BCUT2D eigenvalue weighted by molar-refractivity contribution is 5.94. The van der Waals surface area contributed by atoms with E-state index in [1.807, 2.05) is 11.0 Å². The molecule has 1 aliphatic rings. The summed E-state index contributed by atoms with van der Waals surface area (Å²) in [6, 6.07) is 12.2. The molecule has 1 fully saturated rings. The molecule has 1 unspecified atom stereocenters. The van der Waals surface area contributed by atoms with Crippen molar-refractivity contribution >= 4 is 18.3 Å². The van der Waals surface area contributed by atoms with Gasteiger partial charge in [0.05, 0.1) is 12.1 Å². The maximum absolute atomic E-state index is 12.4. The summed E-state index contributed by atoms with van der Waals surface area (Å²) in [5.41, 5.74) is 7.45. The highest BCUT2D eigenvalue weighted by Crippen LogP contribution is 2.23. The summed E-state index contributed by atoms with van der Waals surface area (Å²) in [6.45, 7) is 1.96. The van der Waals surface area contributed by atoms with Crippen LogP contribution in [0.5, 0.6) is 0 Å². The minimum atomic E-state index is 0. The van der Waals surface area contributed by atoms with Gasteiger partial charge in [-0.3, -0.25) is 4.79 Å². The largest absolute Gasteiger partial charge is 0.467 e. The average molecular weight is 321 g/mol. The molecule has 1 atom stereocenters. The van der Waals surface area contributed by atoms with Crippen molar-refractivity contribution < 1.29 is 9.21 Å². The Morgan fingerprint density at radius 1 is 1.32 bits per heavy atom. The van der Waals surface area contributed by atoms with E-state index in [9.17, 15) is 4.79 Å². The quantitative estimate of drug-likeness (QED) is 0.942. The van der Waals surface area contributed by atoms with Gasteiger partial charge < -0.3 is 15.1 Å². The molecule has 0 radical (unpaired) electrons. The van der Waals surface area contributed by atoms with Gasteiger partial charge >= 0.3 is 0 Å². The fourth-order valence-electron chi connectivity index (χ4n) is 2.91. The first-order chi connectivity index (χ1) is 10.3. The van der Waals surface area contributed by atoms with Crippen LogP contribution in [0.4, 0.5) is 0 Å². The molecule has 1 saturated heterocycles. The van der Waals surface area contributed by atoms with Crippen molar-refractivity contribution in [1.82, 2.24) is 4.90 Å². The molecule has 1 amide bonds. The van der Waals surface area contributed by atoms with E-state index in [-0.39, 0.29) is 18.3 Å². The van der Waals surface area contributed by atoms with E-state index in [4.69, 9.17) is 10.2 Å². The molecule has 4 nitrogen and oxygen atoms in total. The van der Waals surface area contributed by atoms with Crippen molar-refractivity contribution in [2.45, 2.75) is 19.4 Å². The van der Waals surface area contributed by atoms with Crippen LogP contribution >= 0.6 is 12.4 Å². The number of hydrogen-bond donors (Lipinski definition) is 1. The van der Waals surface area contributed by atoms with Gasteiger partial charge in [0.15, 0.2) is 0 Å². The first-order valence-corrected chi connectivity index (χ1v) is 7.37. The number of halogens is 1. The molecule has 0 bridgehead atoms. The fraction of sp³-hybridized carbons (Fsp3) is 0.353. The number of carbonyl (C=O) groups is 1. The van der Waals surface area contributed by atoms with E-state index >= 15 is 0 Å². The third-order valence-corrected chi connectivity index (χ3v) is 4.04. The first kappa shape index (κ1) is 16.6.